The van der Waals surface area contributed by atoms with Gasteiger partial charge in [0.1, 0.15) is 6.04 Å². The molecule has 2 fully saturated rings. The van der Waals surface area contributed by atoms with Crippen molar-refractivity contribution in [1.29, 1.82) is 0 Å². The van der Waals surface area contributed by atoms with Crippen molar-refractivity contribution in [3.63, 3.8) is 0 Å². The molecule has 0 spiro atoms. The first kappa shape index (κ1) is 20.8. The Morgan fingerprint density at radius 2 is 1.90 bits per heavy atom. The number of hydrogen-bond acceptors (Lipinski definition) is 4. The lowest BCUT2D eigenvalue weighted by molar-refractivity contribution is -0.135. The number of benzene rings is 1. The molecule has 0 radical (unpaired) electrons. The molecule has 158 valence electrons. The number of halogens is 2. The molecule has 3 amide bonds. The van der Waals surface area contributed by atoms with Crippen molar-refractivity contribution in [3.05, 3.63) is 52.4 Å². The summed E-state index contributed by atoms with van der Waals surface area (Å²) in [5, 5.41) is 6.47. The molecule has 0 bridgehead atoms. The Kier molecular flexibility index (Phi) is 6.01. The first-order valence-corrected chi connectivity index (χ1v) is 10.6. The second-order valence-corrected chi connectivity index (χ2v) is 8.46. The molecule has 4 rings (SSSR count). The number of carbonyl (C=O) groups excluding carboxylic acids is 3. The fourth-order valence-corrected chi connectivity index (χ4v) is 4.80. The Labute approximate surface area is 183 Å². The molecule has 2 aliphatic rings. The van der Waals surface area contributed by atoms with Gasteiger partial charge >= 0.3 is 0 Å². The summed E-state index contributed by atoms with van der Waals surface area (Å²) in [6.07, 6.45) is 4.74. The maximum absolute atomic E-state index is 13.2. The second-order valence-electron chi connectivity index (χ2n) is 7.58. The molecule has 2 aromatic rings. The Hall–Kier alpha value is -2.51. The molecule has 3 atom stereocenters. The van der Waals surface area contributed by atoms with E-state index < -0.39 is 11.9 Å². The highest BCUT2D eigenvalue weighted by atomic mass is 35.5. The molecule has 1 aromatic carbocycles. The van der Waals surface area contributed by atoms with Gasteiger partial charge < -0.3 is 20.0 Å². The molecule has 1 aliphatic heterocycles. The summed E-state index contributed by atoms with van der Waals surface area (Å²) in [7, 11) is 0. The molecule has 1 aliphatic carbocycles. The van der Waals surface area contributed by atoms with Crippen molar-refractivity contribution < 1.29 is 18.8 Å². The first-order valence-electron chi connectivity index (χ1n) is 9.85. The van der Waals surface area contributed by atoms with Crippen LogP contribution < -0.4 is 10.6 Å². The van der Waals surface area contributed by atoms with Crippen molar-refractivity contribution in [3.8, 4) is 0 Å². The third-order valence-corrected chi connectivity index (χ3v) is 5.98. The predicted molar refractivity (Wildman–Crippen MR) is 113 cm³/mol. The minimum absolute atomic E-state index is 0.115. The average Bonchev–Trinajstić information content (AvgIpc) is 3.22. The lowest BCUT2D eigenvalue weighted by Gasteiger charge is -2.47. The van der Waals surface area contributed by atoms with Crippen LogP contribution in [0.15, 0.2) is 41.0 Å². The van der Waals surface area contributed by atoms with Crippen LogP contribution in [0, 0.1) is 0 Å². The van der Waals surface area contributed by atoms with Gasteiger partial charge in [0, 0.05) is 21.8 Å². The van der Waals surface area contributed by atoms with Crippen LogP contribution in [-0.4, -0.2) is 40.7 Å². The van der Waals surface area contributed by atoms with Crippen molar-refractivity contribution in [2.75, 3.05) is 5.32 Å². The maximum Gasteiger partial charge on any atom is 0.290 e. The Balaban J connectivity index is 1.57. The number of fused-ring (bicyclic) bond motifs is 1. The van der Waals surface area contributed by atoms with E-state index in [0.717, 1.165) is 25.7 Å². The highest BCUT2D eigenvalue weighted by Crippen LogP contribution is 2.31. The molecule has 30 heavy (non-hydrogen) atoms. The number of furan rings is 1. The van der Waals surface area contributed by atoms with Gasteiger partial charge in [0.05, 0.1) is 18.7 Å². The van der Waals surface area contributed by atoms with Crippen LogP contribution >= 0.6 is 23.2 Å². The summed E-state index contributed by atoms with van der Waals surface area (Å²) < 4.78 is 5.29. The third-order valence-electron chi connectivity index (χ3n) is 5.54. The molecule has 7 nitrogen and oxygen atoms in total. The molecular formula is C21H21Cl2N3O4. The van der Waals surface area contributed by atoms with Gasteiger partial charge in [0.2, 0.25) is 11.8 Å². The van der Waals surface area contributed by atoms with E-state index in [-0.39, 0.29) is 36.1 Å². The molecule has 9 heteroatoms. The summed E-state index contributed by atoms with van der Waals surface area (Å²) in [5.41, 5.74) is 0.424. The largest absolute Gasteiger partial charge is 0.459 e. The number of rotatable bonds is 4. The fourth-order valence-electron chi connectivity index (χ4n) is 4.27. The van der Waals surface area contributed by atoms with E-state index in [1.54, 1.807) is 30.3 Å². The minimum Gasteiger partial charge on any atom is -0.459 e. The first-order chi connectivity index (χ1) is 14.4. The topological polar surface area (TPSA) is 91.7 Å². The van der Waals surface area contributed by atoms with Gasteiger partial charge in [0.25, 0.3) is 5.91 Å². The number of hydrogen-bond donors (Lipinski definition) is 2. The zero-order chi connectivity index (χ0) is 21.3. The number of nitrogens with one attached hydrogen (secondary N) is 2. The van der Waals surface area contributed by atoms with E-state index in [9.17, 15) is 14.4 Å². The van der Waals surface area contributed by atoms with E-state index in [4.69, 9.17) is 27.6 Å². The number of amides is 3. The van der Waals surface area contributed by atoms with E-state index in [1.807, 2.05) is 0 Å². The van der Waals surface area contributed by atoms with Crippen LogP contribution in [0.25, 0.3) is 0 Å². The molecule has 2 N–H and O–H groups in total. The Morgan fingerprint density at radius 3 is 2.60 bits per heavy atom. The van der Waals surface area contributed by atoms with Gasteiger partial charge in [-0.15, -0.1) is 0 Å². The van der Waals surface area contributed by atoms with Crippen molar-refractivity contribution in [1.82, 2.24) is 10.2 Å². The molecular weight excluding hydrogens is 429 g/mol. The van der Waals surface area contributed by atoms with Crippen molar-refractivity contribution in [2.45, 2.75) is 50.2 Å². The van der Waals surface area contributed by atoms with E-state index in [0.29, 0.717) is 15.7 Å². The van der Waals surface area contributed by atoms with Crippen molar-refractivity contribution in [2.24, 2.45) is 0 Å². The molecule has 1 aromatic heterocycles. The zero-order valence-corrected chi connectivity index (χ0v) is 17.6. The van der Waals surface area contributed by atoms with Crippen LogP contribution in [-0.2, 0) is 9.59 Å². The van der Waals surface area contributed by atoms with Crippen LogP contribution in [0.3, 0.4) is 0 Å². The lowest BCUT2D eigenvalue weighted by Crippen LogP contribution is -2.68. The van der Waals surface area contributed by atoms with Gasteiger partial charge in [-0.25, -0.2) is 0 Å². The standard InChI is InChI=1S/C21H21Cl2N3O4/c22-12-8-13(23)10-14(9-12)24-19(27)11-17-20(28)25-15-4-1-2-5-16(15)26(17)21(29)18-6-3-7-30-18/h3,6-10,15-17H,1-2,4-5,11H2,(H,24,27)(H,25,28)/t15-,16+,17-/m1/s1. The molecule has 1 saturated carbocycles. The minimum atomic E-state index is -0.934. The quantitative estimate of drug-likeness (QED) is 0.740. The number of anilines is 1. The van der Waals surface area contributed by atoms with Crippen LogP contribution in [0.2, 0.25) is 10.0 Å². The van der Waals surface area contributed by atoms with E-state index in [1.165, 1.54) is 11.2 Å². The highest BCUT2D eigenvalue weighted by molar-refractivity contribution is 6.35. The van der Waals surface area contributed by atoms with Gasteiger partial charge in [-0.05, 0) is 43.2 Å². The fraction of sp³-hybridized carbons (Fsp3) is 0.381. The van der Waals surface area contributed by atoms with Crippen LogP contribution in [0.5, 0.6) is 0 Å². The average molecular weight is 450 g/mol. The maximum atomic E-state index is 13.2. The SMILES string of the molecule is O=C(C[C@@H]1C(=O)N[C@@H]2CCCC[C@@H]2N1C(=O)c1ccco1)Nc1cc(Cl)cc(Cl)c1. The normalized spacial score (nSPS) is 23.5. The number of carbonyl (C=O) groups is 3. The van der Waals surface area contributed by atoms with Gasteiger partial charge in [-0.2, -0.15) is 0 Å². The van der Waals surface area contributed by atoms with Crippen molar-refractivity contribution >= 4 is 46.6 Å². The van der Waals surface area contributed by atoms with Gasteiger partial charge in [0.15, 0.2) is 5.76 Å². The Morgan fingerprint density at radius 1 is 1.17 bits per heavy atom. The monoisotopic (exact) mass is 449 g/mol. The smallest absolute Gasteiger partial charge is 0.290 e. The summed E-state index contributed by atoms with van der Waals surface area (Å²) >= 11 is 12.0. The van der Waals surface area contributed by atoms with Crippen LogP contribution in [0.1, 0.15) is 42.7 Å². The summed E-state index contributed by atoms with van der Waals surface area (Å²) in [6.45, 7) is 0. The zero-order valence-electron chi connectivity index (χ0n) is 16.1. The summed E-state index contributed by atoms with van der Waals surface area (Å²) in [6, 6.07) is 6.66. The van der Waals surface area contributed by atoms with E-state index in [2.05, 4.69) is 10.6 Å². The highest BCUT2D eigenvalue weighted by Gasteiger charge is 2.46. The lowest BCUT2D eigenvalue weighted by atomic mass is 9.85. The van der Waals surface area contributed by atoms with Gasteiger partial charge in [-0.1, -0.05) is 36.0 Å². The summed E-state index contributed by atoms with van der Waals surface area (Å²) in [4.78, 5) is 40.3. The predicted octanol–water partition coefficient (Wildman–Crippen LogP) is 3.87. The molecule has 2 heterocycles. The second kappa shape index (κ2) is 8.70. The molecule has 0 unspecified atom stereocenters. The Bertz CT molecular complexity index is 943. The summed E-state index contributed by atoms with van der Waals surface area (Å²) in [5.74, 6) is -0.978. The number of piperazine rings is 1. The van der Waals surface area contributed by atoms with E-state index >= 15 is 0 Å². The van der Waals surface area contributed by atoms with Crippen LogP contribution in [0.4, 0.5) is 5.69 Å². The molecule has 1 saturated heterocycles. The number of nitrogens with zero attached hydrogens (tertiary/aromatic N) is 1. The third kappa shape index (κ3) is 4.32. The van der Waals surface area contributed by atoms with Gasteiger partial charge in [-0.3, -0.25) is 14.4 Å².